The molecule has 2 bridgehead atoms. The van der Waals surface area contributed by atoms with E-state index in [4.69, 9.17) is 4.74 Å². The normalized spacial score (nSPS) is 29.2. The zero-order valence-corrected chi connectivity index (χ0v) is 10.6. The summed E-state index contributed by atoms with van der Waals surface area (Å²) >= 11 is 0. The van der Waals surface area contributed by atoms with Crippen molar-refractivity contribution in [3.63, 3.8) is 0 Å². The number of aryl methyl sites for hydroxylation is 1. The summed E-state index contributed by atoms with van der Waals surface area (Å²) in [5, 5.41) is 0. The van der Waals surface area contributed by atoms with Gasteiger partial charge in [-0.2, -0.15) is 0 Å². The first-order valence-electron chi connectivity index (χ1n) is 6.65. The van der Waals surface area contributed by atoms with Crippen molar-refractivity contribution in [2.75, 3.05) is 26.3 Å². The minimum absolute atomic E-state index is 0.771. The maximum atomic E-state index is 5.62. The van der Waals surface area contributed by atoms with Crippen molar-refractivity contribution < 1.29 is 4.74 Å². The Balaban J connectivity index is 1.63. The molecule has 0 radical (unpaired) electrons. The van der Waals surface area contributed by atoms with Gasteiger partial charge in [-0.1, -0.05) is 29.8 Å². The van der Waals surface area contributed by atoms with Crippen LogP contribution in [0.5, 0.6) is 0 Å². The summed E-state index contributed by atoms with van der Waals surface area (Å²) in [6, 6.07) is 8.94. The van der Waals surface area contributed by atoms with Crippen LogP contribution in [0.1, 0.15) is 17.5 Å². The van der Waals surface area contributed by atoms with Gasteiger partial charge in [-0.15, -0.1) is 0 Å². The molecule has 2 heteroatoms. The molecule has 2 aliphatic heterocycles. The average Bonchev–Trinajstić information content (AvgIpc) is 2.32. The minimum atomic E-state index is 0.771. The van der Waals surface area contributed by atoms with Crippen LogP contribution < -0.4 is 0 Å². The Morgan fingerprint density at radius 1 is 1.12 bits per heavy atom. The van der Waals surface area contributed by atoms with Crippen LogP contribution in [-0.2, 0) is 11.3 Å². The molecule has 0 aromatic heterocycles. The van der Waals surface area contributed by atoms with Crippen molar-refractivity contribution in [2.45, 2.75) is 19.9 Å². The Morgan fingerprint density at radius 2 is 1.76 bits per heavy atom. The van der Waals surface area contributed by atoms with Gasteiger partial charge in [-0.05, 0) is 30.7 Å². The number of piperidine rings is 1. The lowest BCUT2D eigenvalue weighted by Crippen LogP contribution is -2.46. The SMILES string of the molecule is Cc1ccc(CN2CC3COCC(C3)C2)cc1. The lowest BCUT2D eigenvalue weighted by molar-refractivity contribution is -0.0425. The lowest BCUT2D eigenvalue weighted by Gasteiger charge is -2.41. The summed E-state index contributed by atoms with van der Waals surface area (Å²) < 4.78 is 5.62. The molecule has 1 aromatic carbocycles. The monoisotopic (exact) mass is 231 g/mol. The van der Waals surface area contributed by atoms with Gasteiger partial charge >= 0.3 is 0 Å². The molecule has 2 aliphatic rings. The van der Waals surface area contributed by atoms with E-state index in [1.165, 1.54) is 30.6 Å². The first kappa shape index (κ1) is 11.2. The molecule has 2 heterocycles. The highest BCUT2D eigenvalue weighted by Crippen LogP contribution is 2.27. The van der Waals surface area contributed by atoms with Crippen LogP contribution in [0, 0.1) is 18.8 Å². The molecule has 0 spiro atoms. The third-order valence-electron chi connectivity index (χ3n) is 3.93. The van der Waals surface area contributed by atoms with E-state index >= 15 is 0 Å². The Labute approximate surface area is 104 Å². The zero-order valence-electron chi connectivity index (χ0n) is 10.6. The lowest BCUT2D eigenvalue weighted by atomic mass is 9.88. The van der Waals surface area contributed by atoms with Gasteiger partial charge in [0.25, 0.3) is 0 Å². The molecule has 1 aromatic rings. The van der Waals surface area contributed by atoms with Gasteiger partial charge in [0.05, 0.1) is 13.2 Å². The number of ether oxygens (including phenoxy) is 1. The largest absolute Gasteiger partial charge is 0.381 e. The van der Waals surface area contributed by atoms with E-state index in [9.17, 15) is 0 Å². The molecule has 17 heavy (non-hydrogen) atoms. The van der Waals surface area contributed by atoms with Crippen molar-refractivity contribution in [3.8, 4) is 0 Å². The fourth-order valence-electron chi connectivity index (χ4n) is 3.15. The summed E-state index contributed by atoms with van der Waals surface area (Å²) in [6.45, 7) is 7.62. The van der Waals surface area contributed by atoms with E-state index in [-0.39, 0.29) is 0 Å². The highest BCUT2D eigenvalue weighted by Gasteiger charge is 2.30. The topological polar surface area (TPSA) is 12.5 Å². The number of nitrogens with zero attached hydrogens (tertiary/aromatic N) is 1. The second kappa shape index (κ2) is 4.79. The number of hydrogen-bond acceptors (Lipinski definition) is 2. The second-order valence-corrected chi connectivity index (χ2v) is 5.68. The van der Waals surface area contributed by atoms with Crippen LogP contribution in [0.25, 0.3) is 0 Å². The van der Waals surface area contributed by atoms with E-state index < -0.39 is 0 Å². The molecule has 0 amide bonds. The minimum Gasteiger partial charge on any atom is -0.381 e. The van der Waals surface area contributed by atoms with Crippen molar-refractivity contribution in [1.82, 2.24) is 4.90 Å². The second-order valence-electron chi connectivity index (χ2n) is 5.68. The van der Waals surface area contributed by atoms with Crippen LogP contribution in [0.4, 0.5) is 0 Å². The van der Waals surface area contributed by atoms with Crippen molar-refractivity contribution in [1.29, 1.82) is 0 Å². The molecule has 92 valence electrons. The fourth-order valence-corrected chi connectivity index (χ4v) is 3.15. The predicted octanol–water partition coefficient (Wildman–Crippen LogP) is 2.46. The van der Waals surface area contributed by atoms with Gasteiger partial charge in [0.1, 0.15) is 0 Å². The third-order valence-corrected chi connectivity index (χ3v) is 3.93. The summed E-state index contributed by atoms with van der Waals surface area (Å²) in [6.07, 6.45) is 1.38. The Hall–Kier alpha value is -0.860. The van der Waals surface area contributed by atoms with Crippen LogP contribution in [0.3, 0.4) is 0 Å². The summed E-state index contributed by atoms with van der Waals surface area (Å²) in [5.41, 5.74) is 2.79. The number of likely N-dealkylation sites (tertiary alicyclic amines) is 1. The molecule has 0 N–H and O–H groups in total. The maximum absolute atomic E-state index is 5.62. The van der Waals surface area contributed by atoms with Crippen LogP contribution >= 0.6 is 0 Å². The maximum Gasteiger partial charge on any atom is 0.0506 e. The molecule has 2 saturated heterocycles. The Kier molecular flexibility index (Phi) is 3.17. The smallest absolute Gasteiger partial charge is 0.0506 e. The highest BCUT2D eigenvalue weighted by atomic mass is 16.5. The first-order chi connectivity index (χ1) is 8.29. The number of fused-ring (bicyclic) bond motifs is 2. The predicted molar refractivity (Wildman–Crippen MR) is 68.9 cm³/mol. The van der Waals surface area contributed by atoms with Crippen LogP contribution in [0.15, 0.2) is 24.3 Å². The average molecular weight is 231 g/mol. The fraction of sp³-hybridized carbons (Fsp3) is 0.600. The summed E-state index contributed by atoms with van der Waals surface area (Å²) in [4.78, 5) is 2.60. The highest BCUT2D eigenvalue weighted by molar-refractivity contribution is 5.21. The van der Waals surface area contributed by atoms with Gasteiger partial charge in [0, 0.05) is 19.6 Å². The standard InChI is InChI=1S/C15H21NO/c1-12-2-4-13(5-3-12)7-16-8-14-6-15(9-16)11-17-10-14/h2-5,14-15H,6-11H2,1H3. The molecule has 2 atom stereocenters. The molecular weight excluding hydrogens is 210 g/mol. The number of benzene rings is 1. The summed E-state index contributed by atoms with van der Waals surface area (Å²) in [7, 11) is 0. The Bertz CT molecular complexity index is 361. The molecule has 3 rings (SSSR count). The van der Waals surface area contributed by atoms with E-state index in [2.05, 4.69) is 36.1 Å². The summed E-state index contributed by atoms with van der Waals surface area (Å²) in [5.74, 6) is 1.54. The van der Waals surface area contributed by atoms with Gasteiger partial charge in [0.2, 0.25) is 0 Å². The van der Waals surface area contributed by atoms with Gasteiger partial charge in [-0.3, -0.25) is 4.90 Å². The molecule has 0 aliphatic carbocycles. The molecule has 0 saturated carbocycles. The van der Waals surface area contributed by atoms with Gasteiger partial charge in [0.15, 0.2) is 0 Å². The van der Waals surface area contributed by atoms with Crippen molar-refractivity contribution in [2.24, 2.45) is 11.8 Å². The molecule has 2 nitrogen and oxygen atoms in total. The van der Waals surface area contributed by atoms with Crippen molar-refractivity contribution >= 4 is 0 Å². The molecular formula is C15H21NO. The first-order valence-corrected chi connectivity index (χ1v) is 6.65. The van der Waals surface area contributed by atoms with Crippen molar-refractivity contribution in [3.05, 3.63) is 35.4 Å². The van der Waals surface area contributed by atoms with Gasteiger partial charge in [-0.25, -0.2) is 0 Å². The van der Waals surface area contributed by atoms with Gasteiger partial charge < -0.3 is 4.74 Å². The van der Waals surface area contributed by atoms with Crippen LogP contribution in [-0.4, -0.2) is 31.2 Å². The molecule has 2 unspecified atom stereocenters. The quantitative estimate of drug-likeness (QED) is 0.775. The zero-order chi connectivity index (χ0) is 11.7. The van der Waals surface area contributed by atoms with E-state index in [1.807, 2.05) is 0 Å². The van der Waals surface area contributed by atoms with Crippen LogP contribution in [0.2, 0.25) is 0 Å². The van der Waals surface area contributed by atoms with E-state index in [1.54, 1.807) is 0 Å². The third kappa shape index (κ3) is 2.70. The van der Waals surface area contributed by atoms with E-state index in [0.29, 0.717) is 0 Å². The molecule has 2 fully saturated rings. The van der Waals surface area contributed by atoms with E-state index in [0.717, 1.165) is 31.6 Å². The Morgan fingerprint density at radius 3 is 2.41 bits per heavy atom. The number of rotatable bonds is 2. The number of hydrogen-bond donors (Lipinski definition) is 0.